The molecule has 0 radical (unpaired) electrons. The van der Waals surface area contributed by atoms with Crippen molar-refractivity contribution in [1.82, 2.24) is 18.9 Å². The van der Waals surface area contributed by atoms with Gasteiger partial charge < -0.3 is 4.40 Å². The van der Waals surface area contributed by atoms with Crippen LogP contribution in [0.25, 0.3) is 110 Å². The lowest BCUT2D eigenvalue weighted by atomic mass is 9.99. The normalized spacial score (nSPS) is 12.2. The lowest BCUT2D eigenvalue weighted by Crippen LogP contribution is -2.03. The van der Waals surface area contributed by atoms with Crippen LogP contribution in [0.3, 0.4) is 0 Å². The van der Waals surface area contributed by atoms with Gasteiger partial charge in [-0.1, -0.05) is 140 Å². The molecule has 52 heavy (non-hydrogen) atoms. The molecule has 0 aliphatic carbocycles. The first-order chi connectivity index (χ1) is 25.8. The minimum atomic E-state index is 0.665. The molecule has 0 amide bonds. The van der Waals surface area contributed by atoms with Gasteiger partial charge in [-0.25, -0.2) is 9.97 Å². The third-order valence-corrected chi connectivity index (χ3v) is 11.0. The Kier molecular flexibility index (Phi) is 5.47. The van der Waals surface area contributed by atoms with Crippen LogP contribution in [0.2, 0.25) is 0 Å². The fourth-order valence-electron chi connectivity index (χ4n) is 8.83. The lowest BCUT2D eigenvalue weighted by Gasteiger charge is -2.12. The third kappa shape index (κ3) is 3.65. The second-order valence-corrected chi connectivity index (χ2v) is 13.8. The van der Waals surface area contributed by atoms with Crippen LogP contribution < -0.4 is 0 Å². The molecule has 0 fully saturated rings. The first kappa shape index (κ1) is 27.7. The molecule has 0 saturated carbocycles. The van der Waals surface area contributed by atoms with Crippen LogP contribution in [0.15, 0.2) is 170 Å². The van der Waals surface area contributed by atoms with Gasteiger partial charge in [-0.2, -0.15) is 0 Å². The van der Waals surface area contributed by atoms with Crippen molar-refractivity contribution in [3.63, 3.8) is 0 Å². The van der Waals surface area contributed by atoms with Crippen LogP contribution in [0.5, 0.6) is 0 Å². The van der Waals surface area contributed by atoms with Gasteiger partial charge in [0.2, 0.25) is 5.95 Å². The Bertz CT molecular complexity index is 3390. The standard InChI is InChI=1S/C48H28N4/c1-2-12-29(13-3-1)30-22-24-32(25-23-30)46-34-16-6-9-19-38(34)49-48(50-46)52-40-21-11-7-17-35(40)44-42(52)28-37-43-33-15-5-4-14-31(33)26-27-41(43)51-39-20-10-8-18-36(39)45(44)47(37)51/h1-28H. The van der Waals surface area contributed by atoms with Gasteiger partial charge in [0.25, 0.3) is 0 Å². The smallest absolute Gasteiger partial charge is 0.235 e. The Morgan fingerprint density at radius 2 is 1.00 bits per heavy atom. The molecule has 0 saturated heterocycles. The van der Waals surface area contributed by atoms with E-state index in [-0.39, 0.29) is 0 Å². The van der Waals surface area contributed by atoms with Crippen molar-refractivity contribution in [3.8, 4) is 28.3 Å². The summed E-state index contributed by atoms with van der Waals surface area (Å²) >= 11 is 0. The molecule has 0 spiro atoms. The van der Waals surface area contributed by atoms with E-state index in [4.69, 9.17) is 9.97 Å². The van der Waals surface area contributed by atoms with E-state index >= 15 is 0 Å². The van der Waals surface area contributed by atoms with Crippen LogP contribution in [-0.4, -0.2) is 18.9 Å². The minimum absolute atomic E-state index is 0.665. The summed E-state index contributed by atoms with van der Waals surface area (Å²) in [5.41, 5.74) is 11.2. The molecule has 12 aromatic rings. The Hall–Kier alpha value is -7.04. The Labute approximate surface area is 297 Å². The van der Waals surface area contributed by atoms with Crippen molar-refractivity contribution in [1.29, 1.82) is 0 Å². The van der Waals surface area contributed by atoms with Crippen molar-refractivity contribution in [2.75, 3.05) is 0 Å². The zero-order valence-corrected chi connectivity index (χ0v) is 28.0. The van der Waals surface area contributed by atoms with E-state index in [2.05, 4.69) is 179 Å². The largest absolute Gasteiger partial charge is 0.308 e. The topological polar surface area (TPSA) is 35.1 Å². The molecular formula is C48H28N4. The summed E-state index contributed by atoms with van der Waals surface area (Å²) in [7, 11) is 0. The average molecular weight is 661 g/mol. The van der Waals surface area contributed by atoms with E-state index in [9.17, 15) is 0 Å². The minimum Gasteiger partial charge on any atom is -0.308 e. The molecule has 12 rings (SSSR count). The highest BCUT2D eigenvalue weighted by molar-refractivity contribution is 6.37. The van der Waals surface area contributed by atoms with Gasteiger partial charge in [0.1, 0.15) is 0 Å². The predicted octanol–water partition coefficient (Wildman–Crippen LogP) is 12.4. The van der Waals surface area contributed by atoms with Crippen molar-refractivity contribution in [2.45, 2.75) is 0 Å². The molecule has 8 aromatic carbocycles. The average Bonchev–Trinajstić information content (AvgIpc) is 3.85. The van der Waals surface area contributed by atoms with Gasteiger partial charge in [0.15, 0.2) is 0 Å². The number of rotatable bonds is 3. The molecule has 4 heterocycles. The molecule has 0 aliphatic heterocycles. The van der Waals surface area contributed by atoms with Crippen molar-refractivity contribution < 1.29 is 0 Å². The monoisotopic (exact) mass is 660 g/mol. The maximum absolute atomic E-state index is 5.46. The summed E-state index contributed by atoms with van der Waals surface area (Å²) < 4.78 is 4.78. The number of fused-ring (bicyclic) bond motifs is 13. The van der Waals surface area contributed by atoms with E-state index in [0.717, 1.165) is 33.2 Å². The second kappa shape index (κ2) is 10.3. The number of nitrogens with zero attached hydrogens (tertiary/aromatic N) is 4. The maximum atomic E-state index is 5.46. The first-order valence-corrected chi connectivity index (χ1v) is 17.8. The van der Waals surface area contributed by atoms with Gasteiger partial charge >= 0.3 is 0 Å². The molecule has 240 valence electrons. The van der Waals surface area contributed by atoms with Crippen molar-refractivity contribution in [2.24, 2.45) is 0 Å². The highest BCUT2D eigenvalue weighted by Gasteiger charge is 2.25. The summed E-state index contributed by atoms with van der Waals surface area (Å²) in [6.45, 7) is 0. The van der Waals surface area contributed by atoms with E-state index in [0.29, 0.717) is 5.95 Å². The highest BCUT2D eigenvalue weighted by Crippen LogP contribution is 2.47. The molecule has 0 unspecified atom stereocenters. The zero-order chi connectivity index (χ0) is 33.9. The summed E-state index contributed by atoms with van der Waals surface area (Å²) in [5, 5.41) is 11.0. The van der Waals surface area contributed by atoms with Crippen LogP contribution in [0.1, 0.15) is 0 Å². The Morgan fingerprint density at radius 1 is 0.365 bits per heavy atom. The summed E-state index contributed by atoms with van der Waals surface area (Å²) in [6.07, 6.45) is 0. The van der Waals surface area contributed by atoms with E-state index in [1.54, 1.807) is 0 Å². The van der Waals surface area contributed by atoms with E-state index in [1.165, 1.54) is 70.8 Å². The molecule has 0 aliphatic rings. The SMILES string of the molecule is c1ccc(-c2ccc(-c3nc(-n4c5ccccc5c5c6c7ccccc7n7c8ccc9ccccc9c8c(cc54)c67)nc4ccccc34)cc2)cc1. The fraction of sp³-hybridized carbons (Fsp3) is 0. The molecule has 4 aromatic heterocycles. The number of hydrogen-bond acceptors (Lipinski definition) is 2. The fourth-order valence-corrected chi connectivity index (χ4v) is 8.83. The van der Waals surface area contributed by atoms with Crippen molar-refractivity contribution in [3.05, 3.63) is 170 Å². The Morgan fingerprint density at radius 3 is 1.83 bits per heavy atom. The quantitative estimate of drug-likeness (QED) is 0.189. The summed E-state index contributed by atoms with van der Waals surface area (Å²) in [4.78, 5) is 10.8. The molecule has 0 bridgehead atoms. The number of hydrogen-bond donors (Lipinski definition) is 0. The third-order valence-electron chi connectivity index (χ3n) is 11.0. The first-order valence-electron chi connectivity index (χ1n) is 17.8. The molecule has 4 nitrogen and oxygen atoms in total. The van der Waals surface area contributed by atoms with Crippen LogP contribution in [-0.2, 0) is 0 Å². The summed E-state index contributed by atoms with van der Waals surface area (Å²) in [5.74, 6) is 0.665. The molecule has 0 atom stereocenters. The van der Waals surface area contributed by atoms with Gasteiger partial charge in [-0.15, -0.1) is 0 Å². The predicted molar refractivity (Wildman–Crippen MR) is 217 cm³/mol. The number of para-hydroxylation sites is 3. The Balaban J connectivity index is 1.22. The van der Waals surface area contributed by atoms with E-state index < -0.39 is 0 Å². The lowest BCUT2D eigenvalue weighted by molar-refractivity contribution is 1.01. The second-order valence-electron chi connectivity index (χ2n) is 13.8. The van der Waals surface area contributed by atoms with Crippen molar-refractivity contribution >= 4 is 81.6 Å². The van der Waals surface area contributed by atoms with Crippen LogP contribution in [0.4, 0.5) is 0 Å². The van der Waals surface area contributed by atoms with Gasteiger partial charge in [0.05, 0.1) is 38.8 Å². The molecule has 4 heteroatoms. The number of aromatic nitrogens is 4. The zero-order valence-electron chi connectivity index (χ0n) is 28.0. The summed E-state index contributed by atoms with van der Waals surface area (Å²) in [6, 6.07) is 60.9. The highest BCUT2D eigenvalue weighted by atomic mass is 15.2. The molecular weight excluding hydrogens is 633 g/mol. The van der Waals surface area contributed by atoms with Crippen LogP contribution >= 0.6 is 0 Å². The van der Waals surface area contributed by atoms with Gasteiger partial charge in [-0.05, 0) is 52.2 Å². The van der Waals surface area contributed by atoms with Crippen LogP contribution in [0, 0.1) is 0 Å². The maximum Gasteiger partial charge on any atom is 0.235 e. The van der Waals surface area contributed by atoms with Gasteiger partial charge in [-0.3, -0.25) is 4.57 Å². The molecule has 0 N–H and O–H groups in total. The van der Waals surface area contributed by atoms with E-state index in [1.807, 2.05) is 0 Å². The number of benzene rings is 8. The van der Waals surface area contributed by atoms with Gasteiger partial charge in [0, 0.05) is 43.3 Å².